The van der Waals surface area contributed by atoms with Gasteiger partial charge >= 0.3 is 6.03 Å². The molecule has 3 N–H and O–H groups in total. The molecule has 166 valence electrons. The van der Waals surface area contributed by atoms with E-state index in [1.165, 1.54) is 6.07 Å². The molecule has 0 aromatic heterocycles. The number of hydrogen-bond acceptors (Lipinski definition) is 3. The lowest BCUT2D eigenvalue weighted by atomic mass is 9.49. The van der Waals surface area contributed by atoms with Crippen LogP contribution in [0.3, 0.4) is 0 Å². The van der Waals surface area contributed by atoms with Gasteiger partial charge < -0.3 is 10.6 Å². The lowest BCUT2D eigenvalue weighted by Gasteiger charge is -2.58. The van der Waals surface area contributed by atoms with E-state index < -0.39 is 10.1 Å². The highest BCUT2D eigenvalue weighted by atomic mass is 35.5. The molecular formula is C23H27ClN2O4S. The van der Waals surface area contributed by atoms with Gasteiger partial charge in [0.25, 0.3) is 10.1 Å². The lowest BCUT2D eigenvalue weighted by Crippen LogP contribution is -2.57. The van der Waals surface area contributed by atoms with E-state index in [0.29, 0.717) is 29.5 Å². The number of rotatable bonds is 6. The summed E-state index contributed by atoms with van der Waals surface area (Å²) in [7, 11) is -4.21. The predicted octanol–water partition coefficient (Wildman–Crippen LogP) is 4.50. The summed E-state index contributed by atoms with van der Waals surface area (Å²) in [4.78, 5) is 12.2. The van der Waals surface area contributed by atoms with Crippen molar-refractivity contribution in [1.29, 1.82) is 0 Å². The second-order valence-corrected chi connectivity index (χ2v) is 10.9. The summed E-state index contributed by atoms with van der Waals surface area (Å²) in [6.45, 7) is 2.37. The van der Waals surface area contributed by atoms with Gasteiger partial charge in [0.15, 0.2) is 0 Å². The van der Waals surface area contributed by atoms with Gasteiger partial charge in [0, 0.05) is 17.6 Å². The van der Waals surface area contributed by atoms with Gasteiger partial charge in [-0.1, -0.05) is 41.4 Å². The molecule has 2 saturated carbocycles. The Labute approximate surface area is 188 Å². The van der Waals surface area contributed by atoms with Crippen molar-refractivity contribution in [3.05, 3.63) is 64.2 Å². The second kappa shape index (κ2) is 8.45. The van der Waals surface area contributed by atoms with E-state index in [-0.39, 0.29) is 22.4 Å². The topological polar surface area (TPSA) is 95.5 Å². The lowest BCUT2D eigenvalue weighted by molar-refractivity contribution is -0.0456. The van der Waals surface area contributed by atoms with Gasteiger partial charge in [-0.15, -0.1) is 0 Å². The number of nitrogens with one attached hydrogen (secondary N) is 2. The van der Waals surface area contributed by atoms with Crippen LogP contribution in [-0.2, 0) is 23.1 Å². The summed E-state index contributed by atoms with van der Waals surface area (Å²) in [5, 5.41) is 6.58. The van der Waals surface area contributed by atoms with Gasteiger partial charge in [0.2, 0.25) is 0 Å². The van der Waals surface area contributed by atoms with Crippen LogP contribution in [0.25, 0.3) is 0 Å². The normalized spacial score (nSPS) is 24.9. The summed E-state index contributed by atoms with van der Waals surface area (Å²) in [6, 6.07) is 12.4. The number of benzene rings is 2. The zero-order valence-electron chi connectivity index (χ0n) is 17.4. The maximum Gasteiger partial charge on any atom is 0.315 e. The quantitative estimate of drug-likeness (QED) is 0.551. The van der Waals surface area contributed by atoms with Crippen molar-refractivity contribution < 1.29 is 17.8 Å². The molecule has 0 atom stereocenters. The van der Waals surface area contributed by atoms with Gasteiger partial charge in [0.1, 0.15) is 0 Å². The van der Waals surface area contributed by atoms with Gasteiger partial charge in [0.05, 0.1) is 4.90 Å². The van der Waals surface area contributed by atoms with Crippen molar-refractivity contribution >= 4 is 27.8 Å². The Kier molecular flexibility index (Phi) is 6.03. The first-order valence-corrected chi connectivity index (χ1v) is 12.3. The summed E-state index contributed by atoms with van der Waals surface area (Å²) in [5.41, 5.74) is 2.93. The fourth-order valence-electron chi connectivity index (χ4n) is 5.18. The summed E-state index contributed by atoms with van der Waals surface area (Å²) in [6.07, 6.45) is 4.61. The van der Waals surface area contributed by atoms with Gasteiger partial charge in [-0.2, -0.15) is 8.42 Å². The Bertz CT molecular complexity index is 1070. The summed E-state index contributed by atoms with van der Waals surface area (Å²) < 4.78 is 32.8. The van der Waals surface area contributed by atoms with Crippen LogP contribution in [0.4, 0.5) is 4.79 Å². The highest BCUT2D eigenvalue weighted by molar-refractivity contribution is 7.85. The van der Waals surface area contributed by atoms with Crippen LogP contribution in [-0.4, -0.2) is 25.0 Å². The molecule has 0 heterocycles. The van der Waals surface area contributed by atoms with Crippen molar-refractivity contribution in [2.24, 2.45) is 11.3 Å². The summed E-state index contributed by atoms with van der Waals surface area (Å²) in [5.74, 6) is 0.405. The number of aryl methyl sites for hydroxylation is 1. The Balaban J connectivity index is 1.22. The highest BCUT2D eigenvalue weighted by Crippen LogP contribution is 2.59. The third kappa shape index (κ3) is 5.22. The molecule has 2 aliphatic rings. The third-order valence-corrected chi connectivity index (χ3v) is 7.71. The van der Waals surface area contributed by atoms with Crippen molar-refractivity contribution in [2.45, 2.75) is 56.5 Å². The number of carbonyl (C=O) groups excluding carboxylic acids is 1. The van der Waals surface area contributed by atoms with Gasteiger partial charge in [-0.05, 0) is 79.7 Å². The van der Waals surface area contributed by atoms with Crippen LogP contribution < -0.4 is 10.6 Å². The minimum absolute atomic E-state index is 0.0181. The molecule has 4 rings (SSSR count). The molecule has 0 saturated heterocycles. The SMILES string of the molecule is Cc1ccc(S(=O)(=O)O)c(CC2CC3(C2)CC(NC(=O)NCc2ccc(Cl)cc2)C3)c1. The van der Waals surface area contributed by atoms with Crippen LogP contribution in [0.15, 0.2) is 47.4 Å². The van der Waals surface area contributed by atoms with E-state index in [0.717, 1.165) is 36.8 Å². The van der Waals surface area contributed by atoms with E-state index in [2.05, 4.69) is 10.6 Å². The Morgan fingerprint density at radius 3 is 2.45 bits per heavy atom. The largest absolute Gasteiger partial charge is 0.335 e. The number of urea groups is 1. The molecule has 2 fully saturated rings. The van der Waals surface area contributed by atoms with Crippen molar-refractivity contribution in [1.82, 2.24) is 10.6 Å². The second-order valence-electron chi connectivity index (χ2n) is 9.12. The molecule has 2 amide bonds. The first-order valence-electron chi connectivity index (χ1n) is 10.5. The molecule has 0 bridgehead atoms. The molecule has 0 radical (unpaired) electrons. The zero-order chi connectivity index (χ0) is 22.2. The fraction of sp³-hybridized carbons (Fsp3) is 0.435. The maximum absolute atomic E-state index is 12.1. The van der Waals surface area contributed by atoms with Crippen LogP contribution in [0.1, 0.15) is 42.4 Å². The van der Waals surface area contributed by atoms with E-state index in [4.69, 9.17) is 11.6 Å². The average Bonchev–Trinajstić information content (AvgIpc) is 2.63. The number of carbonyl (C=O) groups is 1. The Morgan fingerprint density at radius 1 is 1.13 bits per heavy atom. The minimum Gasteiger partial charge on any atom is -0.335 e. The van der Waals surface area contributed by atoms with E-state index in [1.807, 2.05) is 25.1 Å². The fourth-order valence-corrected chi connectivity index (χ4v) is 6.02. The molecule has 0 unspecified atom stereocenters. The van der Waals surface area contributed by atoms with Crippen LogP contribution in [0, 0.1) is 18.3 Å². The molecular weight excluding hydrogens is 436 g/mol. The first-order chi connectivity index (χ1) is 14.6. The monoisotopic (exact) mass is 462 g/mol. The van der Waals surface area contributed by atoms with Crippen molar-refractivity contribution in [2.75, 3.05) is 0 Å². The molecule has 1 spiro atoms. The molecule has 2 aromatic rings. The van der Waals surface area contributed by atoms with E-state index >= 15 is 0 Å². The molecule has 6 nitrogen and oxygen atoms in total. The van der Waals surface area contributed by atoms with Crippen molar-refractivity contribution in [3.8, 4) is 0 Å². The molecule has 31 heavy (non-hydrogen) atoms. The number of hydrogen-bond donors (Lipinski definition) is 3. The average molecular weight is 463 g/mol. The van der Waals surface area contributed by atoms with Crippen molar-refractivity contribution in [3.63, 3.8) is 0 Å². The van der Waals surface area contributed by atoms with E-state index in [9.17, 15) is 17.8 Å². The highest BCUT2D eigenvalue weighted by Gasteiger charge is 2.53. The van der Waals surface area contributed by atoms with Gasteiger partial charge in [-0.3, -0.25) is 4.55 Å². The minimum atomic E-state index is -4.21. The molecule has 2 aliphatic carbocycles. The molecule has 2 aromatic carbocycles. The standard InChI is InChI=1S/C23H27ClN2O4S/c1-15-2-7-21(31(28,29)30)18(8-15)9-17-10-23(11-17)12-20(13-23)26-22(27)25-14-16-3-5-19(24)6-4-16/h2-8,17,20H,9-14H2,1H3,(H2,25,26,27)(H,28,29,30). The smallest absolute Gasteiger partial charge is 0.315 e. The van der Waals surface area contributed by atoms with Crippen LogP contribution in [0.5, 0.6) is 0 Å². The number of halogens is 1. The van der Waals surface area contributed by atoms with Crippen LogP contribution >= 0.6 is 11.6 Å². The maximum atomic E-state index is 12.1. The summed E-state index contributed by atoms with van der Waals surface area (Å²) >= 11 is 5.87. The van der Waals surface area contributed by atoms with Crippen LogP contribution in [0.2, 0.25) is 5.02 Å². The Morgan fingerprint density at radius 2 is 1.81 bits per heavy atom. The third-order valence-electron chi connectivity index (χ3n) is 6.51. The molecule has 8 heteroatoms. The first kappa shape index (κ1) is 22.1. The van der Waals surface area contributed by atoms with E-state index in [1.54, 1.807) is 18.2 Å². The Hall–Kier alpha value is -2.09. The predicted molar refractivity (Wildman–Crippen MR) is 120 cm³/mol. The zero-order valence-corrected chi connectivity index (χ0v) is 19.0. The molecule has 0 aliphatic heterocycles. The van der Waals surface area contributed by atoms with Gasteiger partial charge in [-0.25, -0.2) is 4.79 Å². The number of amides is 2.